The molecule has 0 N–H and O–H groups in total. The zero-order valence-corrected chi connectivity index (χ0v) is 16.3. The van der Waals surface area contributed by atoms with E-state index in [-0.39, 0.29) is 0 Å². The monoisotopic (exact) mass is 290 g/mol. The maximum Gasteiger partial charge on any atom is 0.291 e. The van der Waals surface area contributed by atoms with Gasteiger partial charge in [-0.15, -0.1) is 0 Å². The van der Waals surface area contributed by atoms with Gasteiger partial charge in [0.2, 0.25) is 0 Å². The summed E-state index contributed by atoms with van der Waals surface area (Å²) >= 11 is 0. The lowest BCUT2D eigenvalue weighted by Gasteiger charge is -2.47. The molecule has 2 nitrogen and oxygen atoms in total. The Morgan fingerprint density at radius 1 is 1.00 bits per heavy atom. The highest BCUT2D eigenvalue weighted by atomic mass is 28.5. The summed E-state index contributed by atoms with van der Waals surface area (Å²) in [5, 5.41) is 0. The SMILES string of the molecule is CCC[Si](OC(C)C)N([Si](C)(C)C)[Si](C)(C)C. The largest absolute Gasteiger partial charge is 0.401 e. The molecule has 0 atom stereocenters. The number of hydrogen-bond acceptors (Lipinski definition) is 2. The van der Waals surface area contributed by atoms with E-state index >= 15 is 0 Å². The van der Waals surface area contributed by atoms with E-state index in [1.165, 1.54) is 12.5 Å². The third-order valence-electron chi connectivity index (χ3n) is 2.43. The lowest BCUT2D eigenvalue weighted by Crippen LogP contribution is -2.66. The third-order valence-corrected chi connectivity index (χ3v) is 16.8. The van der Waals surface area contributed by atoms with E-state index in [0.717, 1.165) is 0 Å². The highest BCUT2D eigenvalue weighted by molar-refractivity contribution is 6.98. The van der Waals surface area contributed by atoms with Crippen LogP contribution < -0.4 is 0 Å². The van der Waals surface area contributed by atoms with E-state index in [1.807, 2.05) is 0 Å². The molecule has 0 aliphatic heterocycles. The molecule has 1 radical (unpaired) electrons. The molecule has 5 heteroatoms. The number of hydrogen-bond donors (Lipinski definition) is 0. The fourth-order valence-corrected chi connectivity index (χ4v) is 18.9. The van der Waals surface area contributed by atoms with Gasteiger partial charge in [-0.05, 0) is 19.9 Å². The molecule has 103 valence electrons. The molecule has 0 heterocycles. The first-order chi connectivity index (χ1) is 7.50. The predicted octanol–water partition coefficient (Wildman–Crippen LogP) is 4.28. The summed E-state index contributed by atoms with van der Waals surface area (Å²) in [7, 11) is -3.34. The molecule has 0 aromatic carbocycles. The van der Waals surface area contributed by atoms with Crippen LogP contribution in [0.5, 0.6) is 0 Å². The molecule has 0 saturated carbocycles. The minimum absolute atomic E-state index is 0.366. The van der Waals surface area contributed by atoms with Crippen molar-refractivity contribution in [3.63, 3.8) is 0 Å². The maximum atomic E-state index is 6.30. The molecule has 0 aliphatic carbocycles. The molecule has 0 aromatic heterocycles. The van der Waals surface area contributed by atoms with Gasteiger partial charge in [0.25, 0.3) is 9.20 Å². The summed E-state index contributed by atoms with van der Waals surface area (Å²) in [5.41, 5.74) is 0. The fourth-order valence-electron chi connectivity index (χ4n) is 2.46. The van der Waals surface area contributed by atoms with Crippen molar-refractivity contribution >= 4 is 25.7 Å². The van der Waals surface area contributed by atoms with Crippen LogP contribution in [-0.2, 0) is 4.43 Å². The highest BCUT2D eigenvalue weighted by Crippen LogP contribution is 2.24. The van der Waals surface area contributed by atoms with Crippen LogP contribution in [0.3, 0.4) is 0 Å². The summed E-state index contributed by atoms with van der Waals surface area (Å²) in [5.74, 6) is 0. The Kier molecular flexibility index (Phi) is 6.88. The van der Waals surface area contributed by atoms with Crippen molar-refractivity contribution in [2.45, 2.75) is 78.6 Å². The van der Waals surface area contributed by atoms with Crippen LogP contribution in [0.2, 0.25) is 45.3 Å². The summed E-state index contributed by atoms with van der Waals surface area (Å²) in [6.07, 6.45) is 1.61. The molecule has 0 fully saturated rings. The second-order valence-corrected chi connectivity index (χ2v) is 19.9. The molecule has 0 amide bonds. The quantitative estimate of drug-likeness (QED) is 0.649. The van der Waals surface area contributed by atoms with Gasteiger partial charge in [-0.2, -0.15) is 0 Å². The first kappa shape index (κ1) is 17.6. The minimum Gasteiger partial charge on any atom is -0.401 e. The zero-order chi connectivity index (χ0) is 13.9. The molecular weight excluding hydrogens is 258 g/mol. The average Bonchev–Trinajstić information content (AvgIpc) is 1.96. The molecule has 0 bridgehead atoms. The van der Waals surface area contributed by atoms with E-state index in [0.29, 0.717) is 6.10 Å². The molecule has 0 spiro atoms. The normalized spacial score (nSPS) is 14.1. The maximum absolute atomic E-state index is 6.30. The van der Waals surface area contributed by atoms with Crippen LogP contribution in [0.15, 0.2) is 0 Å². The van der Waals surface area contributed by atoms with Crippen molar-refractivity contribution in [1.82, 2.24) is 3.90 Å². The van der Waals surface area contributed by atoms with Gasteiger partial charge in [-0.1, -0.05) is 52.6 Å². The third kappa shape index (κ3) is 6.33. The van der Waals surface area contributed by atoms with Crippen LogP contribution >= 0.6 is 0 Å². The molecule has 0 aliphatic rings. The van der Waals surface area contributed by atoms with Crippen molar-refractivity contribution < 1.29 is 4.43 Å². The Morgan fingerprint density at radius 3 is 1.65 bits per heavy atom. The Hall–Kier alpha value is 0.571. The van der Waals surface area contributed by atoms with Crippen LogP contribution in [-0.4, -0.2) is 35.7 Å². The van der Waals surface area contributed by atoms with Crippen molar-refractivity contribution in [1.29, 1.82) is 0 Å². The topological polar surface area (TPSA) is 12.5 Å². The van der Waals surface area contributed by atoms with Gasteiger partial charge >= 0.3 is 0 Å². The summed E-state index contributed by atoms with van der Waals surface area (Å²) in [6, 6.07) is 1.26. The Labute approximate surface area is 113 Å². The van der Waals surface area contributed by atoms with Crippen LogP contribution in [0.4, 0.5) is 0 Å². The summed E-state index contributed by atoms with van der Waals surface area (Å²) in [6.45, 7) is 21.4. The van der Waals surface area contributed by atoms with Crippen molar-refractivity contribution in [2.75, 3.05) is 0 Å². The van der Waals surface area contributed by atoms with E-state index in [9.17, 15) is 0 Å². The smallest absolute Gasteiger partial charge is 0.291 e. The first-order valence-electron chi connectivity index (χ1n) is 6.83. The van der Waals surface area contributed by atoms with E-state index < -0.39 is 25.7 Å². The van der Waals surface area contributed by atoms with Crippen molar-refractivity contribution in [2.24, 2.45) is 0 Å². The van der Waals surface area contributed by atoms with Crippen molar-refractivity contribution in [3.8, 4) is 0 Å². The van der Waals surface area contributed by atoms with Gasteiger partial charge in [-0.3, -0.25) is 0 Å². The van der Waals surface area contributed by atoms with Gasteiger partial charge < -0.3 is 8.32 Å². The van der Waals surface area contributed by atoms with Crippen LogP contribution in [0.25, 0.3) is 0 Å². The number of nitrogens with zero attached hydrogens (tertiary/aromatic N) is 1. The van der Waals surface area contributed by atoms with Gasteiger partial charge in [0.15, 0.2) is 0 Å². The predicted molar refractivity (Wildman–Crippen MR) is 85.6 cm³/mol. The molecule has 0 saturated heterocycles. The lowest BCUT2D eigenvalue weighted by molar-refractivity contribution is 0.229. The Morgan fingerprint density at radius 2 is 1.41 bits per heavy atom. The Bertz CT molecular complexity index is 207. The van der Waals surface area contributed by atoms with Gasteiger partial charge in [0.05, 0.1) is 0 Å². The highest BCUT2D eigenvalue weighted by Gasteiger charge is 2.41. The summed E-state index contributed by atoms with van der Waals surface area (Å²) in [4.78, 5) is 0. The minimum atomic E-state index is -1.27. The fraction of sp³-hybridized carbons (Fsp3) is 1.00. The Balaban J connectivity index is 5.08. The number of rotatable bonds is 7. The van der Waals surface area contributed by atoms with Gasteiger partial charge in [-0.25, -0.2) is 0 Å². The van der Waals surface area contributed by atoms with E-state index in [4.69, 9.17) is 4.43 Å². The van der Waals surface area contributed by atoms with E-state index in [2.05, 4.69) is 63.9 Å². The molecule has 17 heavy (non-hydrogen) atoms. The molecule has 0 unspecified atom stereocenters. The molecule has 0 rings (SSSR count). The second kappa shape index (κ2) is 6.65. The van der Waals surface area contributed by atoms with Crippen LogP contribution in [0.1, 0.15) is 27.2 Å². The second-order valence-electron chi connectivity index (χ2n) is 6.99. The van der Waals surface area contributed by atoms with Crippen LogP contribution in [0, 0.1) is 0 Å². The standard InChI is InChI=1S/C12H32NOSi3/c1-10-11-15(14-12(2)3)13(16(4,5)6)17(7,8)9/h12H,10-11H2,1-9H3. The summed E-state index contributed by atoms with van der Waals surface area (Å²) < 4.78 is 9.19. The molecular formula is C12H32NOSi3. The van der Waals surface area contributed by atoms with E-state index in [1.54, 1.807) is 0 Å². The van der Waals surface area contributed by atoms with Gasteiger partial charge in [0.1, 0.15) is 16.5 Å². The first-order valence-corrected chi connectivity index (χ1v) is 15.3. The van der Waals surface area contributed by atoms with Gasteiger partial charge in [0, 0.05) is 6.10 Å². The zero-order valence-electron chi connectivity index (χ0n) is 13.3. The molecule has 0 aromatic rings. The van der Waals surface area contributed by atoms with Crippen molar-refractivity contribution in [3.05, 3.63) is 0 Å². The average molecular weight is 291 g/mol. The lowest BCUT2D eigenvalue weighted by atomic mass is 10.5.